The number of nitrogens with one attached hydrogen (secondary N) is 1. The van der Waals surface area contributed by atoms with E-state index >= 15 is 0 Å². The van der Waals surface area contributed by atoms with E-state index in [9.17, 15) is 9.18 Å². The zero-order valence-corrected chi connectivity index (χ0v) is 15.8. The maximum Gasteiger partial charge on any atom is 0.227 e. The molecule has 8 heteroatoms. The first-order valence-corrected chi connectivity index (χ1v) is 9.45. The summed E-state index contributed by atoms with van der Waals surface area (Å²) in [6, 6.07) is 13.6. The van der Waals surface area contributed by atoms with Crippen LogP contribution in [0, 0.1) is 5.82 Å². The van der Waals surface area contributed by atoms with Crippen molar-refractivity contribution >= 4 is 23.2 Å². The number of hydrogen-bond donors (Lipinski definition) is 1. The lowest BCUT2D eigenvalue weighted by molar-refractivity contribution is -0.130. The van der Waals surface area contributed by atoms with E-state index in [-0.39, 0.29) is 18.1 Å². The average molecular weight is 392 g/mol. The van der Waals surface area contributed by atoms with Crippen molar-refractivity contribution in [2.45, 2.75) is 6.42 Å². The van der Waals surface area contributed by atoms with Crippen molar-refractivity contribution in [3.05, 3.63) is 72.3 Å². The Hall–Kier alpha value is -3.55. The molecule has 0 aliphatic carbocycles. The van der Waals surface area contributed by atoms with Gasteiger partial charge < -0.3 is 15.1 Å². The lowest BCUT2D eigenvalue weighted by Crippen LogP contribution is -2.49. The molecule has 0 atom stereocenters. The molecule has 1 saturated heterocycles. The molecule has 29 heavy (non-hydrogen) atoms. The fraction of sp³-hybridized carbons (Fsp3) is 0.238. The molecule has 1 amide bonds. The Morgan fingerprint density at radius 2 is 1.79 bits per heavy atom. The molecule has 0 unspecified atom stereocenters. The lowest BCUT2D eigenvalue weighted by Gasteiger charge is -2.35. The van der Waals surface area contributed by atoms with Gasteiger partial charge in [0.2, 0.25) is 5.91 Å². The maximum absolute atomic E-state index is 13.0. The topological polar surface area (TPSA) is 74.2 Å². The van der Waals surface area contributed by atoms with Crippen molar-refractivity contribution in [1.29, 1.82) is 0 Å². The van der Waals surface area contributed by atoms with Gasteiger partial charge in [-0.25, -0.2) is 4.39 Å². The number of nitrogens with zero attached hydrogens (tertiary/aromatic N) is 5. The molecule has 3 aromatic rings. The van der Waals surface area contributed by atoms with Gasteiger partial charge in [-0.1, -0.05) is 12.1 Å². The molecular weight excluding hydrogens is 371 g/mol. The number of carbonyl (C=O) groups excluding carboxylic acids is 1. The first-order valence-electron chi connectivity index (χ1n) is 9.45. The van der Waals surface area contributed by atoms with Crippen LogP contribution in [0.2, 0.25) is 0 Å². The molecule has 1 N–H and O–H groups in total. The first kappa shape index (κ1) is 18.8. The van der Waals surface area contributed by atoms with Gasteiger partial charge in [-0.15, -0.1) is 10.2 Å². The van der Waals surface area contributed by atoms with Gasteiger partial charge in [-0.05, 0) is 42.0 Å². The lowest BCUT2D eigenvalue weighted by atomic mass is 10.1. The van der Waals surface area contributed by atoms with E-state index in [0.29, 0.717) is 32.0 Å². The number of pyridine rings is 1. The maximum atomic E-state index is 13.0. The van der Waals surface area contributed by atoms with Crippen LogP contribution >= 0.6 is 0 Å². The fourth-order valence-electron chi connectivity index (χ4n) is 3.22. The minimum absolute atomic E-state index is 0.0540. The van der Waals surface area contributed by atoms with Crippen LogP contribution in [-0.2, 0) is 11.2 Å². The third-order valence-corrected chi connectivity index (χ3v) is 4.81. The summed E-state index contributed by atoms with van der Waals surface area (Å²) in [7, 11) is 0. The smallest absolute Gasteiger partial charge is 0.227 e. The molecule has 3 heterocycles. The van der Waals surface area contributed by atoms with Crippen molar-refractivity contribution in [3.8, 4) is 0 Å². The molecule has 0 spiro atoms. The minimum atomic E-state index is -0.294. The van der Waals surface area contributed by atoms with Crippen LogP contribution in [0.15, 0.2) is 60.9 Å². The number of amides is 1. The quantitative estimate of drug-likeness (QED) is 0.720. The van der Waals surface area contributed by atoms with Gasteiger partial charge in [0.1, 0.15) is 5.82 Å². The van der Waals surface area contributed by atoms with Gasteiger partial charge in [-0.2, -0.15) is 0 Å². The summed E-state index contributed by atoms with van der Waals surface area (Å²) < 4.78 is 13.0. The Bertz CT molecular complexity index is 941. The Kier molecular flexibility index (Phi) is 5.60. The predicted molar refractivity (Wildman–Crippen MR) is 108 cm³/mol. The molecule has 1 aliphatic rings. The van der Waals surface area contributed by atoms with Gasteiger partial charge >= 0.3 is 0 Å². The number of rotatable bonds is 5. The van der Waals surface area contributed by atoms with Crippen molar-refractivity contribution in [1.82, 2.24) is 20.1 Å². The van der Waals surface area contributed by atoms with Crippen LogP contribution < -0.4 is 10.2 Å². The van der Waals surface area contributed by atoms with E-state index in [4.69, 9.17) is 0 Å². The van der Waals surface area contributed by atoms with E-state index in [1.54, 1.807) is 24.5 Å². The molecule has 0 radical (unpaired) electrons. The fourth-order valence-corrected chi connectivity index (χ4v) is 3.22. The third kappa shape index (κ3) is 4.84. The zero-order valence-electron chi connectivity index (χ0n) is 15.8. The van der Waals surface area contributed by atoms with Gasteiger partial charge in [0.15, 0.2) is 11.6 Å². The highest BCUT2D eigenvalue weighted by atomic mass is 19.1. The van der Waals surface area contributed by atoms with Crippen LogP contribution in [0.4, 0.5) is 21.7 Å². The van der Waals surface area contributed by atoms with Crippen molar-refractivity contribution in [3.63, 3.8) is 0 Å². The van der Waals surface area contributed by atoms with Gasteiger partial charge in [0.05, 0.1) is 18.3 Å². The van der Waals surface area contributed by atoms with E-state index in [2.05, 4.69) is 25.4 Å². The molecule has 4 rings (SSSR count). The van der Waals surface area contributed by atoms with Crippen molar-refractivity contribution < 1.29 is 9.18 Å². The number of carbonyl (C=O) groups is 1. The second-order valence-corrected chi connectivity index (χ2v) is 6.81. The molecule has 1 aliphatic heterocycles. The Morgan fingerprint density at radius 3 is 2.45 bits per heavy atom. The van der Waals surface area contributed by atoms with E-state index < -0.39 is 0 Å². The number of halogens is 1. The largest absolute Gasteiger partial charge is 0.352 e. The summed E-state index contributed by atoms with van der Waals surface area (Å²) in [4.78, 5) is 20.5. The number of aromatic nitrogens is 3. The summed E-state index contributed by atoms with van der Waals surface area (Å²) in [6.07, 6.45) is 3.72. The summed E-state index contributed by atoms with van der Waals surface area (Å²) in [6.45, 7) is 2.63. The van der Waals surface area contributed by atoms with Crippen LogP contribution in [0.25, 0.3) is 0 Å². The van der Waals surface area contributed by atoms with Crippen LogP contribution in [-0.4, -0.2) is 52.2 Å². The minimum Gasteiger partial charge on any atom is -0.352 e. The van der Waals surface area contributed by atoms with Crippen LogP contribution in [0.3, 0.4) is 0 Å². The molecule has 1 fully saturated rings. The molecule has 7 nitrogen and oxygen atoms in total. The molecular formula is C21H21FN6O. The number of benzene rings is 1. The summed E-state index contributed by atoms with van der Waals surface area (Å²) in [5.41, 5.74) is 1.67. The SMILES string of the molecule is O=C(Cc1ccc(F)cc1)N1CCN(c2ccc(Nc3cccnc3)nn2)CC1. The highest BCUT2D eigenvalue weighted by Gasteiger charge is 2.22. The summed E-state index contributed by atoms with van der Waals surface area (Å²) >= 11 is 0. The first-order chi connectivity index (χ1) is 14.2. The van der Waals surface area contributed by atoms with Crippen molar-refractivity contribution in [2.75, 3.05) is 36.4 Å². The second kappa shape index (κ2) is 8.64. The molecule has 1 aromatic carbocycles. The molecule has 0 bridgehead atoms. The zero-order chi connectivity index (χ0) is 20.1. The Morgan fingerprint density at radius 1 is 1.00 bits per heavy atom. The molecule has 2 aromatic heterocycles. The van der Waals surface area contributed by atoms with Crippen molar-refractivity contribution in [2.24, 2.45) is 0 Å². The normalized spacial score (nSPS) is 14.0. The second-order valence-electron chi connectivity index (χ2n) is 6.81. The van der Waals surface area contributed by atoms with Crippen LogP contribution in [0.5, 0.6) is 0 Å². The van der Waals surface area contributed by atoms with Crippen LogP contribution in [0.1, 0.15) is 5.56 Å². The average Bonchev–Trinajstić information content (AvgIpc) is 2.77. The third-order valence-electron chi connectivity index (χ3n) is 4.81. The van der Waals surface area contributed by atoms with E-state index in [1.807, 2.05) is 29.2 Å². The molecule has 0 saturated carbocycles. The molecule has 148 valence electrons. The Labute approximate surface area is 168 Å². The summed E-state index contributed by atoms with van der Waals surface area (Å²) in [5, 5.41) is 11.7. The number of piperazine rings is 1. The van der Waals surface area contributed by atoms with E-state index in [0.717, 1.165) is 17.1 Å². The highest BCUT2D eigenvalue weighted by Crippen LogP contribution is 2.17. The van der Waals surface area contributed by atoms with Gasteiger partial charge in [0, 0.05) is 32.4 Å². The number of anilines is 3. The monoisotopic (exact) mass is 392 g/mol. The highest BCUT2D eigenvalue weighted by molar-refractivity contribution is 5.79. The Balaban J connectivity index is 1.30. The van der Waals surface area contributed by atoms with E-state index in [1.165, 1.54) is 12.1 Å². The van der Waals surface area contributed by atoms with Gasteiger partial charge in [0.25, 0.3) is 0 Å². The standard InChI is InChI=1S/C21H21FN6O/c22-17-5-3-16(4-6-17)14-21(29)28-12-10-27(11-13-28)20-8-7-19(25-26-20)24-18-2-1-9-23-15-18/h1-9,15H,10-14H2,(H,24,25). The number of hydrogen-bond acceptors (Lipinski definition) is 6. The predicted octanol–water partition coefficient (Wildman–Crippen LogP) is 2.65. The summed E-state index contributed by atoms with van der Waals surface area (Å²) in [5.74, 6) is 1.19. The van der Waals surface area contributed by atoms with Gasteiger partial charge in [-0.3, -0.25) is 9.78 Å².